The zero-order valence-corrected chi connectivity index (χ0v) is 8.62. The Morgan fingerprint density at radius 3 is 2.36 bits per heavy atom. The third-order valence-electron chi connectivity index (χ3n) is 2.01. The third kappa shape index (κ3) is 2.70. The Morgan fingerprint density at radius 1 is 1.21 bits per heavy atom. The van der Waals surface area contributed by atoms with E-state index in [1.165, 1.54) is 11.8 Å². The second kappa shape index (κ2) is 5.18. The summed E-state index contributed by atoms with van der Waals surface area (Å²) in [5.41, 5.74) is 3.26. The smallest absolute Gasteiger partial charge is 0.0256 e. The van der Waals surface area contributed by atoms with Crippen molar-refractivity contribution in [1.29, 1.82) is 5.41 Å². The summed E-state index contributed by atoms with van der Waals surface area (Å²) in [4.78, 5) is 0. The van der Waals surface area contributed by atoms with Gasteiger partial charge in [0.05, 0.1) is 0 Å². The van der Waals surface area contributed by atoms with Crippen molar-refractivity contribution >= 4 is 11.8 Å². The van der Waals surface area contributed by atoms with E-state index in [-0.39, 0.29) is 0 Å². The molecule has 0 bridgehead atoms. The molecule has 0 saturated heterocycles. The van der Waals surface area contributed by atoms with E-state index < -0.39 is 0 Å². The summed E-state index contributed by atoms with van der Waals surface area (Å²) in [6, 6.07) is 8.19. The molecule has 0 spiro atoms. The molecule has 0 atom stereocenters. The zero-order valence-electron chi connectivity index (χ0n) is 8.62. The van der Waals surface area contributed by atoms with Gasteiger partial charge in [-0.15, -0.1) is 0 Å². The van der Waals surface area contributed by atoms with Crippen LogP contribution in [-0.2, 0) is 0 Å². The fraction of sp³-hybridized carbons (Fsp3) is 0.154. The lowest BCUT2D eigenvalue weighted by Crippen LogP contribution is -1.84. The van der Waals surface area contributed by atoms with Crippen LogP contribution in [0.5, 0.6) is 0 Å². The predicted octanol–water partition coefficient (Wildman–Crippen LogP) is 3.60. The summed E-state index contributed by atoms with van der Waals surface area (Å²) < 4.78 is 0. The minimum absolute atomic E-state index is 0.933. The van der Waals surface area contributed by atoms with Crippen LogP contribution in [0.15, 0.2) is 42.5 Å². The summed E-state index contributed by atoms with van der Waals surface area (Å²) in [5.74, 6) is 0. The molecule has 0 aliphatic carbocycles. The van der Waals surface area contributed by atoms with Crippen molar-refractivity contribution < 1.29 is 0 Å². The quantitative estimate of drug-likeness (QED) is 0.549. The largest absolute Gasteiger partial charge is 0.308 e. The van der Waals surface area contributed by atoms with Gasteiger partial charge in [0.2, 0.25) is 0 Å². The van der Waals surface area contributed by atoms with Gasteiger partial charge in [-0.2, -0.15) is 0 Å². The molecule has 0 amide bonds. The Kier molecular flexibility index (Phi) is 3.86. The van der Waals surface area contributed by atoms with E-state index >= 15 is 0 Å². The zero-order chi connectivity index (χ0) is 10.4. The first-order chi connectivity index (χ1) is 6.77. The van der Waals surface area contributed by atoms with Crippen molar-refractivity contribution in [1.82, 2.24) is 0 Å². The highest BCUT2D eigenvalue weighted by molar-refractivity contribution is 6.08. The number of hydrogen-bond acceptors (Lipinski definition) is 1. The summed E-state index contributed by atoms with van der Waals surface area (Å²) in [6.07, 6.45) is 7.22. The van der Waals surface area contributed by atoms with Gasteiger partial charge in [-0.05, 0) is 25.0 Å². The summed E-state index contributed by atoms with van der Waals surface area (Å²) in [6.45, 7) is 4.02. The van der Waals surface area contributed by atoms with E-state index in [2.05, 4.69) is 19.1 Å². The molecule has 0 aliphatic rings. The topological polar surface area (TPSA) is 23.9 Å². The van der Waals surface area contributed by atoms with E-state index in [0.717, 1.165) is 11.1 Å². The van der Waals surface area contributed by atoms with Crippen molar-refractivity contribution in [2.45, 2.75) is 13.8 Å². The first kappa shape index (κ1) is 10.5. The molecule has 1 N–H and O–H groups in total. The molecule has 0 heterocycles. The number of benzene rings is 1. The minimum atomic E-state index is 0.933. The van der Waals surface area contributed by atoms with Crippen molar-refractivity contribution in [3.63, 3.8) is 0 Å². The predicted molar refractivity (Wildman–Crippen MR) is 62.8 cm³/mol. The molecular weight excluding hydrogens is 170 g/mol. The van der Waals surface area contributed by atoms with Crippen molar-refractivity contribution in [3.8, 4) is 0 Å². The number of aryl methyl sites for hydroxylation is 1. The number of hydrogen-bond donors (Lipinski definition) is 1. The van der Waals surface area contributed by atoms with Crippen LogP contribution >= 0.6 is 0 Å². The van der Waals surface area contributed by atoms with Crippen molar-refractivity contribution in [2.75, 3.05) is 0 Å². The lowest BCUT2D eigenvalue weighted by Gasteiger charge is -2.00. The maximum Gasteiger partial charge on any atom is 0.0256 e. The summed E-state index contributed by atoms with van der Waals surface area (Å²) in [7, 11) is 0. The number of rotatable bonds is 3. The fourth-order valence-electron chi connectivity index (χ4n) is 1.17. The van der Waals surface area contributed by atoms with E-state index in [1.807, 2.05) is 37.3 Å². The highest BCUT2D eigenvalue weighted by Gasteiger charge is 1.95. The van der Waals surface area contributed by atoms with Crippen LogP contribution in [0.1, 0.15) is 18.1 Å². The van der Waals surface area contributed by atoms with Gasteiger partial charge in [-0.3, -0.25) is 0 Å². The van der Waals surface area contributed by atoms with Gasteiger partial charge in [0.15, 0.2) is 0 Å². The molecule has 0 radical (unpaired) electrons. The third-order valence-corrected chi connectivity index (χ3v) is 2.01. The first-order valence-electron chi connectivity index (χ1n) is 4.68. The molecule has 0 unspecified atom stereocenters. The van der Waals surface area contributed by atoms with Crippen molar-refractivity contribution in [2.24, 2.45) is 0 Å². The molecule has 1 heteroatoms. The van der Waals surface area contributed by atoms with E-state index in [4.69, 9.17) is 5.41 Å². The maximum absolute atomic E-state index is 7.30. The van der Waals surface area contributed by atoms with Crippen LogP contribution in [0.25, 0.3) is 5.57 Å². The second-order valence-electron chi connectivity index (χ2n) is 3.16. The van der Waals surface area contributed by atoms with Crippen LogP contribution in [0.2, 0.25) is 0 Å². The van der Waals surface area contributed by atoms with Crippen molar-refractivity contribution in [3.05, 3.63) is 53.6 Å². The van der Waals surface area contributed by atoms with Crippen LogP contribution in [0, 0.1) is 12.3 Å². The van der Waals surface area contributed by atoms with Gasteiger partial charge >= 0.3 is 0 Å². The molecule has 72 valence electrons. The SMILES string of the molecule is C/C=C\C=C(/C=N)c1ccc(C)cc1. The number of nitrogens with one attached hydrogen (secondary N) is 1. The second-order valence-corrected chi connectivity index (χ2v) is 3.16. The van der Waals surface area contributed by atoms with Gasteiger partial charge in [0.25, 0.3) is 0 Å². The van der Waals surface area contributed by atoms with Gasteiger partial charge in [0.1, 0.15) is 0 Å². The first-order valence-corrected chi connectivity index (χ1v) is 4.68. The highest BCUT2D eigenvalue weighted by atomic mass is 14.3. The van der Waals surface area contributed by atoms with Gasteiger partial charge in [-0.25, -0.2) is 0 Å². The number of allylic oxidation sites excluding steroid dienone is 4. The molecule has 1 aromatic rings. The van der Waals surface area contributed by atoms with Crippen LogP contribution in [-0.4, -0.2) is 6.21 Å². The van der Waals surface area contributed by atoms with Gasteiger partial charge < -0.3 is 5.41 Å². The Morgan fingerprint density at radius 2 is 1.86 bits per heavy atom. The molecule has 1 aromatic carbocycles. The Labute approximate surface area is 85.3 Å². The van der Waals surface area contributed by atoms with Gasteiger partial charge in [0, 0.05) is 6.21 Å². The summed E-state index contributed by atoms with van der Waals surface area (Å²) >= 11 is 0. The Bertz CT molecular complexity index is 355. The highest BCUT2D eigenvalue weighted by Crippen LogP contribution is 2.13. The fourth-order valence-corrected chi connectivity index (χ4v) is 1.17. The lowest BCUT2D eigenvalue weighted by molar-refractivity contribution is 1.46. The monoisotopic (exact) mass is 185 g/mol. The molecule has 0 fully saturated rings. The average molecular weight is 185 g/mol. The Hall–Kier alpha value is -1.63. The summed E-state index contributed by atoms with van der Waals surface area (Å²) in [5, 5.41) is 7.30. The lowest BCUT2D eigenvalue weighted by atomic mass is 10.0. The average Bonchev–Trinajstić information content (AvgIpc) is 2.21. The van der Waals surface area contributed by atoms with Crippen LogP contribution in [0.4, 0.5) is 0 Å². The van der Waals surface area contributed by atoms with E-state index in [0.29, 0.717) is 0 Å². The molecule has 0 aliphatic heterocycles. The van der Waals surface area contributed by atoms with E-state index in [1.54, 1.807) is 0 Å². The van der Waals surface area contributed by atoms with Gasteiger partial charge in [-0.1, -0.05) is 48.1 Å². The van der Waals surface area contributed by atoms with E-state index in [9.17, 15) is 0 Å². The van der Waals surface area contributed by atoms with Crippen LogP contribution < -0.4 is 0 Å². The normalized spacial score (nSPS) is 12.0. The molecule has 1 nitrogen and oxygen atoms in total. The Balaban J connectivity index is 3.01. The molecule has 0 aromatic heterocycles. The van der Waals surface area contributed by atoms with Crippen LogP contribution in [0.3, 0.4) is 0 Å². The minimum Gasteiger partial charge on any atom is -0.308 e. The maximum atomic E-state index is 7.30. The standard InChI is InChI=1S/C13H15N/c1-3-4-5-13(10-14)12-8-6-11(2)7-9-12/h3-10,14H,1-2H3/b4-3-,13-5+,14-10?. The molecule has 14 heavy (non-hydrogen) atoms. The molecule has 1 rings (SSSR count). The molecule has 0 saturated carbocycles. The molecular formula is C13H15N.